The van der Waals surface area contributed by atoms with Crippen LogP contribution in [0.15, 0.2) is 42.7 Å². The van der Waals surface area contributed by atoms with Crippen molar-refractivity contribution in [2.45, 2.75) is 45.6 Å². The van der Waals surface area contributed by atoms with Crippen LogP contribution in [0.3, 0.4) is 0 Å². The first-order valence-corrected chi connectivity index (χ1v) is 14.2. The van der Waals surface area contributed by atoms with Crippen molar-refractivity contribution < 1.29 is 23.8 Å². The fraction of sp³-hybridized carbons (Fsp3) is 0.387. The van der Waals surface area contributed by atoms with E-state index in [4.69, 9.17) is 14.2 Å². The van der Waals surface area contributed by atoms with Crippen LogP contribution >= 0.6 is 0 Å². The number of ether oxygens (including phenoxy) is 3. The van der Waals surface area contributed by atoms with E-state index in [-0.39, 0.29) is 24.5 Å². The number of amides is 2. The minimum Gasteiger partial charge on any atom is -0.494 e. The van der Waals surface area contributed by atoms with E-state index in [1.165, 1.54) is 6.33 Å². The van der Waals surface area contributed by atoms with Crippen LogP contribution in [0.2, 0.25) is 0 Å². The van der Waals surface area contributed by atoms with Gasteiger partial charge in [0.1, 0.15) is 12.1 Å². The monoisotopic (exact) mass is 570 g/mol. The van der Waals surface area contributed by atoms with E-state index >= 15 is 0 Å². The predicted octanol–water partition coefficient (Wildman–Crippen LogP) is 3.13. The van der Waals surface area contributed by atoms with Crippen LogP contribution in [0.5, 0.6) is 17.2 Å². The lowest BCUT2D eigenvalue weighted by molar-refractivity contribution is -0.133. The minimum atomic E-state index is -0.345. The molecule has 1 atom stereocenters. The molecule has 3 aliphatic rings. The molecule has 2 amide bonds. The molecule has 6 bridgehead atoms. The molecule has 3 aliphatic heterocycles. The Balaban J connectivity index is 1.36. The molecule has 42 heavy (non-hydrogen) atoms. The predicted molar refractivity (Wildman–Crippen MR) is 154 cm³/mol. The van der Waals surface area contributed by atoms with E-state index in [1.807, 2.05) is 55.1 Å². The first-order valence-electron chi connectivity index (χ1n) is 14.2. The van der Waals surface area contributed by atoms with E-state index in [0.717, 1.165) is 39.4 Å². The molecule has 11 heteroatoms. The van der Waals surface area contributed by atoms with E-state index in [9.17, 15) is 9.59 Å². The maximum atomic E-state index is 14.0. The summed E-state index contributed by atoms with van der Waals surface area (Å²) in [6, 6.07) is 11.4. The summed E-state index contributed by atoms with van der Waals surface area (Å²) >= 11 is 0. The summed E-state index contributed by atoms with van der Waals surface area (Å²) in [6.45, 7) is 5.28. The Morgan fingerprint density at radius 3 is 2.93 bits per heavy atom. The highest BCUT2D eigenvalue weighted by molar-refractivity contribution is 5.79. The van der Waals surface area contributed by atoms with Gasteiger partial charge in [0, 0.05) is 30.9 Å². The maximum Gasteiger partial charge on any atom is 0.257 e. The summed E-state index contributed by atoms with van der Waals surface area (Å²) in [5.74, 6) is 2.13. The molecule has 0 aliphatic carbocycles. The van der Waals surface area contributed by atoms with Crippen LogP contribution in [0, 0.1) is 13.8 Å². The average Bonchev–Trinajstić information content (AvgIpc) is 3.47. The quantitative estimate of drug-likeness (QED) is 0.398. The first-order chi connectivity index (χ1) is 20.4. The Hall–Kier alpha value is -4.67. The fourth-order valence-corrected chi connectivity index (χ4v) is 5.88. The topological polar surface area (TPSA) is 120 Å². The molecule has 4 aromatic rings. The van der Waals surface area contributed by atoms with Gasteiger partial charge in [-0.1, -0.05) is 12.1 Å². The largest absolute Gasteiger partial charge is 0.494 e. The normalized spacial score (nSPS) is 17.0. The Kier molecular flexibility index (Phi) is 7.64. The second-order valence-corrected chi connectivity index (χ2v) is 10.6. The minimum absolute atomic E-state index is 0.0415. The highest BCUT2D eigenvalue weighted by Gasteiger charge is 2.34. The third kappa shape index (κ3) is 5.34. The van der Waals surface area contributed by atoms with Crippen molar-refractivity contribution >= 4 is 17.6 Å². The summed E-state index contributed by atoms with van der Waals surface area (Å²) < 4.78 is 19.3. The summed E-state index contributed by atoms with van der Waals surface area (Å²) in [5, 5.41) is 7.15. The Labute approximate surface area is 243 Å². The number of nitrogens with zero attached hydrogens (tertiary/aromatic N) is 5. The highest BCUT2D eigenvalue weighted by atomic mass is 16.5. The van der Waals surface area contributed by atoms with Crippen LogP contribution in [0.1, 0.15) is 52.5 Å². The number of carbonyl (C=O) groups excluding carboxylic acids is 2. The average molecular weight is 571 g/mol. The number of methoxy groups -OCH3 is 1. The summed E-state index contributed by atoms with van der Waals surface area (Å²) in [5.41, 5.74) is 5.75. The van der Waals surface area contributed by atoms with Gasteiger partial charge in [-0.05, 0) is 79.6 Å². The number of nitrogens with one attached hydrogen (secondary N) is 1. The maximum absolute atomic E-state index is 14.0. The van der Waals surface area contributed by atoms with Crippen LogP contribution in [0.4, 0.5) is 0 Å². The van der Waals surface area contributed by atoms with E-state index < -0.39 is 0 Å². The molecule has 218 valence electrons. The van der Waals surface area contributed by atoms with E-state index in [1.54, 1.807) is 11.6 Å². The Bertz CT molecular complexity index is 1650. The van der Waals surface area contributed by atoms with Gasteiger partial charge in [0.15, 0.2) is 18.1 Å². The summed E-state index contributed by atoms with van der Waals surface area (Å²) in [6.07, 6.45) is 3.64. The zero-order chi connectivity index (χ0) is 29.2. The van der Waals surface area contributed by atoms with Gasteiger partial charge in [-0.3, -0.25) is 9.59 Å². The van der Waals surface area contributed by atoms with Crippen LogP contribution in [-0.4, -0.2) is 69.7 Å². The van der Waals surface area contributed by atoms with Gasteiger partial charge in [0.25, 0.3) is 11.7 Å². The Morgan fingerprint density at radius 1 is 1.19 bits per heavy atom. The molecule has 1 N–H and O–H groups in total. The third-order valence-corrected chi connectivity index (χ3v) is 8.00. The number of hydrogen-bond donors (Lipinski definition) is 1. The zero-order valence-corrected chi connectivity index (χ0v) is 24.1. The van der Waals surface area contributed by atoms with Gasteiger partial charge >= 0.3 is 0 Å². The first kappa shape index (κ1) is 27.5. The number of aromatic nitrogens is 4. The lowest BCUT2D eigenvalue weighted by atomic mass is 9.87. The third-order valence-electron chi connectivity index (χ3n) is 8.00. The summed E-state index contributed by atoms with van der Waals surface area (Å²) in [4.78, 5) is 37.1. The molecule has 2 aromatic carbocycles. The van der Waals surface area contributed by atoms with Gasteiger partial charge in [-0.15, -0.1) is 0 Å². The fourth-order valence-electron chi connectivity index (χ4n) is 5.88. The van der Waals surface area contributed by atoms with Crippen molar-refractivity contribution in [3.8, 4) is 17.2 Å². The molecule has 0 saturated carbocycles. The second-order valence-electron chi connectivity index (χ2n) is 10.6. The van der Waals surface area contributed by atoms with Gasteiger partial charge in [-0.2, -0.15) is 10.1 Å². The van der Waals surface area contributed by atoms with Crippen LogP contribution in [-0.2, 0) is 22.4 Å². The van der Waals surface area contributed by atoms with Gasteiger partial charge < -0.3 is 24.4 Å². The molecule has 2 aromatic heterocycles. The molecule has 7 rings (SSSR count). The molecule has 0 saturated heterocycles. The lowest BCUT2D eigenvalue weighted by Gasteiger charge is -2.38. The number of rotatable bonds is 4. The smallest absolute Gasteiger partial charge is 0.257 e. The number of hydrogen-bond acceptors (Lipinski definition) is 8. The second kappa shape index (κ2) is 11.7. The van der Waals surface area contributed by atoms with Crippen molar-refractivity contribution in [1.82, 2.24) is 29.8 Å². The zero-order valence-electron chi connectivity index (χ0n) is 24.1. The number of aryl methyl sites for hydroxylation is 2. The standard InChI is InChI=1S/C31H34N6O5/c1-19-24(20(2)37-31(35-19)33-18-34-37)8-9-29(39)36-12-10-21-15-27-26(40-3)16-25(21)30(36)22-6-4-7-23(14-22)41-13-5-11-32-28(38)17-42-27/h4,6-7,14-16,18,30H,5,8-13,17H2,1-3H3,(H,32,38). The van der Waals surface area contributed by atoms with E-state index in [0.29, 0.717) is 62.7 Å². The van der Waals surface area contributed by atoms with Crippen molar-refractivity contribution in [2.75, 3.05) is 33.4 Å². The molecule has 0 spiro atoms. The molecule has 0 radical (unpaired) electrons. The molecular formula is C31H34N6O5. The lowest BCUT2D eigenvalue weighted by Crippen LogP contribution is -2.41. The molecular weight excluding hydrogens is 536 g/mol. The van der Waals surface area contributed by atoms with Crippen molar-refractivity contribution in [2.24, 2.45) is 0 Å². The molecule has 0 fully saturated rings. The van der Waals surface area contributed by atoms with Crippen molar-refractivity contribution in [3.05, 3.63) is 76.4 Å². The number of fused-ring (bicyclic) bond motifs is 9. The van der Waals surface area contributed by atoms with Gasteiger partial charge in [0.2, 0.25) is 5.91 Å². The molecule has 1 unspecified atom stereocenters. The highest BCUT2D eigenvalue weighted by Crippen LogP contribution is 2.42. The van der Waals surface area contributed by atoms with Gasteiger partial charge in [0.05, 0.1) is 19.8 Å². The van der Waals surface area contributed by atoms with Gasteiger partial charge in [-0.25, -0.2) is 9.50 Å². The SMILES string of the molecule is COc1cc2c3cc1OCC(=O)NCCCOc1cccc(c1)C2N(C(=O)CCc1c(C)nc2ncnn2c1C)CC3. The van der Waals surface area contributed by atoms with Crippen molar-refractivity contribution in [1.29, 1.82) is 0 Å². The summed E-state index contributed by atoms with van der Waals surface area (Å²) in [7, 11) is 1.58. The Morgan fingerprint density at radius 2 is 2.07 bits per heavy atom. The van der Waals surface area contributed by atoms with E-state index in [2.05, 4.69) is 20.4 Å². The van der Waals surface area contributed by atoms with Crippen molar-refractivity contribution in [3.63, 3.8) is 0 Å². The molecule has 11 nitrogen and oxygen atoms in total. The number of carbonyl (C=O) groups is 2. The molecule has 5 heterocycles. The van der Waals surface area contributed by atoms with Crippen LogP contribution < -0.4 is 19.5 Å². The van der Waals surface area contributed by atoms with Crippen LogP contribution in [0.25, 0.3) is 5.78 Å². The number of benzene rings is 2.